The van der Waals surface area contributed by atoms with Crippen molar-refractivity contribution in [3.05, 3.63) is 77.8 Å². The molecule has 0 bridgehead atoms. The van der Waals surface area contributed by atoms with E-state index in [1.54, 1.807) is 48.4 Å². The largest absolute Gasteiger partial charge is 0.470 e. The number of likely N-dealkylation sites (tertiary alicyclic amines) is 2. The fraction of sp³-hybridized carbons (Fsp3) is 0.432. The van der Waals surface area contributed by atoms with Crippen LogP contribution in [0.4, 0.5) is 18.3 Å². The standard InChI is InChI=1S/C44H45F3N8O8S2/c1-4-25-20-43(25,41(59)53-65(60,61)28-15-16-28)52-37(56)31-19-27(21-55(31)40(58)33(23(2)3)50-42-48-30(22-64-42)39(57)54-17-7-8-18-54)62-38-35-34(29-9-5-6-10-32(29)63-35)49-36(51-38)24-11-13-26(14-12-24)44(45,46)47/h4-6,9-14,22-23,25,27-28,31,33H,1,7-8,15-21H2,2-3H3,(H,48,50)(H,52,56)(H,53,59)/t25-,27-,31+,33+,43-/m1/s1. The summed E-state index contributed by atoms with van der Waals surface area (Å²) in [7, 11) is -3.98. The quantitative estimate of drug-likeness (QED) is 0.111. The number of amides is 4. The summed E-state index contributed by atoms with van der Waals surface area (Å²) >= 11 is 1.16. The van der Waals surface area contributed by atoms with Crippen LogP contribution in [0.2, 0.25) is 0 Å². The molecule has 21 heteroatoms. The van der Waals surface area contributed by atoms with Gasteiger partial charge in [-0.25, -0.2) is 18.4 Å². The average molecular weight is 935 g/mol. The molecule has 9 rings (SSSR count). The lowest BCUT2D eigenvalue weighted by molar-refractivity contribution is -0.140. The van der Waals surface area contributed by atoms with E-state index in [1.807, 2.05) is 0 Å². The number of sulfonamides is 1. The van der Waals surface area contributed by atoms with Crippen molar-refractivity contribution in [1.29, 1.82) is 0 Å². The van der Waals surface area contributed by atoms with E-state index in [4.69, 9.17) is 9.15 Å². The van der Waals surface area contributed by atoms with Gasteiger partial charge in [0.25, 0.3) is 17.7 Å². The van der Waals surface area contributed by atoms with Crippen LogP contribution >= 0.6 is 11.3 Å². The van der Waals surface area contributed by atoms with Crippen LogP contribution in [-0.2, 0) is 30.6 Å². The molecule has 4 amide bonds. The minimum absolute atomic E-state index is 0.0291. The van der Waals surface area contributed by atoms with Gasteiger partial charge >= 0.3 is 6.18 Å². The van der Waals surface area contributed by atoms with Gasteiger partial charge < -0.3 is 29.6 Å². The lowest BCUT2D eigenvalue weighted by Gasteiger charge is -2.31. The van der Waals surface area contributed by atoms with Crippen molar-refractivity contribution in [3.63, 3.8) is 0 Å². The number of nitrogens with one attached hydrogen (secondary N) is 3. The summed E-state index contributed by atoms with van der Waals surface area (Å²) < 4.78 is 81.0. The zero-order valence-corrected chi connectivity index (χ0v) is 36.9. The summed E-state index contributed by atoms with van der Waals surface area (Å²) in [5.41, 5.74) is -1.15. The summed E-state index contributed by atoms with van der Waals surface area (Å²) in [5, 5.41) is 7.78. The number of furan rings is 1. The van der Waals surface area contributed by atoms with Gasteiger partial charge in [0.15, 0.2) is 11.0 Å². The number of anilines is 1. The van der Waals surface area contributed by atoms with Gasteiger partial charge in [0, 0.05) is 41.8 Å². The molecule has 65 heavy (non-hydrogen) atoms. The van der Waals surface area contributed by atoms with Crippen molar-refractivity contribution in [2.75, 3.05) is 25.0 Å². The van der Waals surface area contributed by atoms with Crippen LogP contribution in [0.25, 0.3) is 33.5 Å². The smallest absolute Gasteiger partial charge is 0.416 e. The number of alkyl halides is 3. The fourth-order valence-electron chi connectivity index (χ4n) is 8.48. The molecule has 4 fully saturated rings. The Kier molecular flexibility index (Phi) is 11.4. The zero-order chi connectivity index (χ0) is 46.0. The highest BCUT2D eigenvalue weighted by atomic mass is 32.2. The van der Waals surface area contributed by atoms with Crippen LogP contribution in [0.15, 0.2) is 71.0 Å². The van der Waals surface area contributed by atoms with Crippen molar-refractivity contribution >= 4 is 72.2 Å². The highest BCUT2D eigenvalue weighted by molar-refractivity contribution is 7.91. The average Bonchev–Trinajstić information content (AvgIpc) is 3.93. The molecule has 3 N–H and O–H groups in total. The van der Waals surface area contributed by atoms with Crippen LogP contribution in [-0.4, -0.2) is 105 Å². The molecule has 2 aromatic carbocycles. The van der Waals surface area contributed by atoms with Gasteiger partial charge in [0.1, 0.15) is 40.5 Å². The molecule has 16 nitrogen and oxygen atoms in total. The maximum atomic E-state index is 14.9. The van der Waals surface area contributed by atoms with E-state index in [2.05, 4.69) is 36.9 Å². The predicted octanol–water partition coefficient (Wildman–Crippen LogP) is 5.91. The van der Waals surface area contributed by atoms with Crippen molar-refractivity contribution in [3.8, 4) is 17.3 Å². The molecule has 2 saturated heterocycles. The van der Waals surface area contributed by atoms with E-state index in [0.29, 0.717) is 47.5 Å². The summed E-state index contributed by atoms with van der Waals surface area (Å²) in [4.78, 5) is 73.1. The second kappa shape index (κ2) is 16.7. The van der Waals surface area contributed by atoms with Crippen LogP contribution in [0.1, 0.15) is 68.4 Å². The molecular weight excluding hydrogens is 890 g/mol. The van der Waals surface area contributed by atoms with E-state index < -0.39 is 74.4 Å². The SMILES string of the molecule is C=C[C@@H]1C[C@]1(NC(=O)[C@@H]1C[C@@H](Oc2nc(-c3ccc(C(F)(F)F)cc3)nc3c2oc2ccccc23)CN1C(=O)[C@@H](Nc1nc(C(=O)N2CCCC2)cs1)C(C)C)C(=O)NS(=O)(=O)C1CC1. The van der Waals surface area contributed by atoms with E-state index in [-0.39, 0.29) is 59.8 Å². The Hall–Kier alpha value is -6.09. The van der Waals surface area contributed by atoms with Gasteiger partial charge in [-0.1, -0.05) is 44.2 Å². The molecule has 4 aliphatic rings. The number of para-hydroxylation sites is 1. The van der Waals surface area contributed by atoms with E-state index in [9.17, 15) is 40.8 Å². The Morgan fingerprint density at radius 3 is 2.42 bits per heavy atom. The van der Waals surface area contributed by atoms with Gasteiger partial charge in [-0.3, -0.25) is 23.9 Å². The third-order valence-electron chi connectivity index (χ3n) is 12.4. The van der Waals surface area contributed by atoms with Gasteiger partial charge in [0.2, 0.25) is 27.4 Å². The summed E-state index contributed by atoms with van der Waals surface area (Å²) in [6.45, 7) is 8.47. The van der Waals surface area contributed by atoms with Gasteiger partial charge in [-0.2, -0.15) is 18.2 Å². The van der Waals surface area contributed by atoms with Crippen LogP contribution in [0.3, 0.4) is 0 Å². The number of aromatic nitrogens is 3. The lowest BCUT2D eigenvalue weighted by atomic mass is 10.0. The number of thiazole rings is 1. The molecule has 2 aliphatic heterocycles. The Balaban J connectivity index is 1.04. The molecule has 5 heterocycles. The zero-order valence-electron chi connectivity index (χ0n) is 35.3. The molecule has 2 aliphatic carbocycles. The van der Waals surface area contributed by atoms with Gasteiger partial charge in [-0.15, -0.1) is 17.9 Å². The second-order valence-electron chi connectivity index (χ2n) is 17.3. The van der Waals surface area contributed by atoms with Crippen LogP contribution < -0.4 is 20.1 Å². The van der Waals surface area contributed by atoms with Crippen LogP contribution in [0.5, 0.6) is 5.88 Å². The number of halogens is 3. The number of hydrogen-bond donors (Lipinski definition) is 3. The number of fused-ring (bicyclic) bond motifs is 3. The molecule has 0 unspecified atom stereocenters. The monoisotopic (exact) mass is 934 g/mol. The number of ether oxygens (including phenoxy) is 1. The van der Waals surface area contributed by atoms with E-state index >= 15 is 0 Å². The maximum Gasteiger partial charge on any atom is 0.416 e. The maximum absolute atomic E-state index is 14.9. The van der Waals surface area contributed by atoms with Crippen LogP contribution in [0, 0.1) is 11.8 Å². The predicted molar refractivity (Wildman–Crippen MR) is 233 cm³/mol. The fourth-order valence-corrected chi connectivity index (χ4v) is 10.6. The first kappa shape index (κ1) is 44.1. The van der Waals surface area contributed by atoms with Gasteiger partial charge in [-0.05, 0) is 62.3 Å². The van der Waals surface area contributed by atoms with Crippen molar-refractivity contribution in [2.45, 2.75) is 87.5 Å². The topological polar surface area (TPSA) is 206 Å². The lowest BCUT2D eigenvalue weighted by Crippen LogP contribution is -2.58. The summed E-state index contributed by atoms with van der Waals surface area (Å²) in [6.07, 6.45) is -1.49. The minimum atomic E-state index is -4.57. The van der Waals surface area contributed by atoms with E-state index in [1.165, 1.54) is 23.1 Å². The second-order valence-corrected chi connectivity index (χ2v) is 20.1. The number of rotatable bonds is 14. The Morgan fingerprint density at radius 1 is 1.03 bits per heavy atom. The number of carbonyl (C=O) groups excluding carboxylic acids is 4. The molecule has 5 aromatic rings. The molecule has 0 spiro atoms. The Morgan fingerprint density at radius 2 is 1.75 bits per heavy atom. The first-order chi connectivity index (χ1) is 31.0. The number of carbonyl (C=O) groups is 4. The van der Waals surface area contributed by atoms with Crippen molar-refractivity contribution in [2.24, 2.45) is 11.8 Å². The molecule has 0 radical (unpaired) electrons. The Labute approximate surface area is 375 Å². The molecule has 342 valence electrons. The highest BCUT2D eigenvalue weighted by Gasteiger charge is 2.62. The number of nitrogens with zero attached hydrogens (tertiary/aromatic N) is 5. The summed E-state index contributed by atoms with van der Waals surface area (Å²) in [6, 6.07) is 9.07. The molecule has 2 saturated carbocycles. The third-order valence-corrected chi connectivity index (χ3v) is 15.0. The first-order valence-electron chi connectivity index (χ1n) is 21.3. The minimum Gasteiger partial charge on any atom is -0.470 e. The molecular formula is C44H45F3N8O8S2. The number of benzene rings is 2. The van der Waals surface area contributed by atoms with Crippen molar-refractivity contribution < 1.29 is 49.9 Å². The third kappa shape index (κ3) is 8.62. The molecule has 5 atom stereocenters. The summed E-state index contributed by atoms with van der Waals surface area (Å²) in [5.74, 6) is -3.42. The van der Waals surface area contributed by atoms with Gasteiger partial charge in [0.05, 0.1) is 17.4 Å². The first-order valence-corrected chi connectivity index (χ1v) is 23.7. The normalized spacial score (nSPS) is 22.6. The van der Waals surface area contributed by atoms with Crippen molar-refractivity contribution in [1.82, 2.24) is 34.8 Å². The number of hydrogen-bond acceptors (Lipinski definition) is 13. The van der Waals surface area contributed by atoms with E-state index in [0.717, 1.165) is 36.3 Å². The highest BCUT2D eigenvalue weighted by Crippen LogP contribution is 2.46. The molecule has 3 aromatic heterocycles. The Bertz CT molecular complexity index is 2820.